The second kappa shape index (κ2) is 10.3. The number of hydrogen-bond donors (Lipinski definition) is 3. The van der Waals surface area contributed by atoms with Gasteiger partial charge in [-0.05, 0) is 58.7 Å². The lowest BCUT2D eigenvalue weighted by Gasteiger charge is -2.29. The number of ether oxygens (including phenoxy) is 1. The number of nitrogens with zero attached hydrogens (tertiary/aromatic N) is 1. The zero-order valence-electron chi connectivity index (χ0n) is 20.0. The van der Waals surface area contributed by atoms with Gasteiger partial charge in [0.25, 0.3) is 5.91 Å². The molecule has 0 aromatic heterocycles. The van der Waals surface area contributed by atoms with Gasteiger partial charge in [-0.25, -0.2) is 0 Å². The van der Waals surface area contributed by atoms with Crippen LogP contribution in [0.5, 0.6) is 5.75 Å². The Bertz CT molecular complexity index is 931. The number of nitrogens with one attached hydrogen (secondary N) is 2. The molecule has 3 N–H and O–H groups in total. The molecule has 2 rings (SSSR count). The highest BCUT2D eigenvalue weighted by Crippen LogP contribution is 2.36. The normalized spacial score (nSPS) is 12.6. The monoisotopic (exact) mass is 457 g/mol. The van der Waals surface area contributed by atoms with E-state index in [9.17, 15) is 10.0 Å². The van der Waals surface area contributed by atoms with Gasteiger partial charge in [0.2, 0.25) is 0 Å². The Kier molecular flexibility index (Phi) is 8.26. The Morgan fingerprint density at radius 2 is 1.72 bits per heavy atom. The average molecular weight is 458 g/mol. The predicted molar refractivity (Wildman–Crippen MR) is 135 cm³/mol. The fourth-order valence-corrected chi connectivity index (χ4v) is 3.27. The van der Waals surface area contributed by atoms with E-state index in [0.29, 0.717) is 22.9 Å². The first kappa shape index (κ1) is 25.6. The van der Waals surface area contributed by atoms with Gasteiger partial charge in [0, 0.05) is 0 Å². The van der Waals surface area contributed by atoms with E-state index in [4.69, 9.17) is 17.0 Å². The van der Waals surface area contributed by atoms with Crippen molar-refractivity contribution < 1.29 is 14.7 Å². The first-order valence-electron chi connectivity index (χ1n) is 10.8. The van der Waals surface area contributed by atoms with Crippen molar-refractivity contribution in [1.29, 1.82) is 0 Å². The van der Waals surface area contributed by atoms with Crippen LogP contribution >= 0.6 is 12.2 Å². The third-order valence-electron chi connectivity index (χ3n) is 5.17. The molecule has 0 saturated heterocycles. The van der Waals surface area contributed by atoms with Gasteiger partial charge in [-0.15, -0.1) is 0 Å². The number of thiocarbonyl (C=S) groups is 1. The summed E-state index contributed by atoms with van der Waals surface area (Å²) >= 11 is 4.70. The molecular formula is C25H35N3O3S. The molecule has 1 amide bonds. The average Bonchev–Trinajstić information content (AvgIpc) is 2.74. The summed E-state index contributed by atoms with van der Waals surface area (Å²) in [6.07, 6.45) is -0.408. The SMILES string of the molecule is CCC(Oc1ccc(C(C)(C)C)cc1C(C)(C)C)C(=O)N(O)c1ccc(NNC=S)cc1. The molecule has 0 radical (unpaired) electrons. The van der Waals surface area contributed by atoms with Crippen LogP contribution in [0.2, 0.25) is 0 Å². The Morgan fingerprint density at radius 1 is 1.09 bits per heavy atom. The zero-order valence-corrected chi connectivity index (χ0v) is 20.8. The van der Waals surface area contributed by atoms with Crippen LogP contribution in [0.3, 0.4) is 0 Å². The van der Waals surface area contributed by atoms with Crippen molar-refractivity contribution in [2.45, 2.75) is 71.8 Å². The third kappa shape index (κ3) is 6.43. The number of hydroxylamine groups is 1. The van der Waals surface area contributed by atoms with Gasteiger partial charge in [0.1, 0.15) is 5.75 Å². The van der Waals surface area contributed by atoms with Crippen LogP contribution in [0, 0.1) is 0 Å². The number of rotatable bonds is 8. The molecule has 0 aliphatic carbocycles. The molecule has 1 unspecified atom stereocenters. The lowest BCUT2D eigenvalue weighted by molar-refractivity contribution is -0.130. The van der Waals surface area contributed by atoms with Crippen LogP contribution in [0.15, 0.2) is 42.5 Å². The summed E-state index contributed by atoms with van der Waals surface area (Å²) in [5, 5.41) is 11.2. The van der Waals surface area contributed by atoms with Crippen molar-refractivity contribution in [1.82, 2.24) is 5.43 Å². The topological polar surface area (TPSA) is 73.8 Å². The number of carbonyl (C=O) groups is 1. The number of carbonyl (C=O) groups excluding carboxylic acids is 1. The van der Waals surface area contributed by atoms with Crippen LogP contribution in [-0.2, 0) is 15.6 Å². The van der Waals surface area contributed by atoms with Gasteiger partial charge in [-0.2, -0.15) is 5.06 Å². The Balaban J connectivity index is 2.27. The summed E-state index contributed by atoms with van der Waals surface area (Å²) in [5.41, 5.74) is 10.1. The molecule has 6 nitrogen and oxygen atoms in total. The number of anilines is 2. The molecule has 2 aromatic rings. The maximum Gasteiger partial charge on any atom is 0.291 e. The second-order valence-corrected chi connectivity index (χ2v) is 10.0. The minimum atomic E-state index is -0.823. The van der Waals surface area contributed by atoms with Crippen LogP contribution in [0.1, 0.15) is 66.0 Å². The lowest BCUT2D eigenvalue weighted by Crippen LogP contribution is -2.40. The van der Waals surface area contributed by atoms with Crippen molar-refractivity contribution >= 4 is 35.0 Å². The number of hydrazine groups is 1. The van der Waals surface area contributed by atoms with E-state index in [1.807, 2.05) is 19.1 Å². The fraction of sp³-hybridized carbons (Fsp3) is 0.440. The quantitative estimate of drug-likeness (QED) is 0.267. The van der Waals surface area contributed by atoms with Gasteiger partial charge in [0.15, 0.2) is 6.10 Å². The van der Waals surface area contributed by atoms with Gasteiger partial charge >= 0.3 is 0 Å². The summed E-state index contributed by atoms with van der Waals surface area (Å²) in [6, 6.07) is 12.8. The van der Waals surface area contributed by atoms with Crippen molar-refractivity contribution in [3.8, 4) is 5.75 Å². The Hall–Kier alpha value is -2.64. The molecule has 0 saturated carbocycles. The minimum Gasteiger partial charge on any atom is -0.480 e. The van der Waals surface area contributed by atoms with Crippen molar-refractivity contribution in [3.63, 3.8) is 0 Å². The molecule has 32 heavy (non-hydrogen) atoms. The maximum atomic E-state index is 13.0. The van der Waals surface area contributed by atoms with E-state index >= 15 is 0 Å². The molecule has 2 aromatic carbocycles. The summed E-state index contributed by atoms with van der Waals surface area (Å²) < 4.78 is 6.18. The lowest BCUT2D eigenvalue weighted by atomic mass is 9.80. The molecule has 0 spiro atoms. The molecule has 0 heterocycles. The first-order chi connectivity index (χ1) is 14.9. The van der Waals surface area contributed by atoms with E-state index in [1.54, 1.807) is 24.3 Å². The number of benzene rings is 2. The molecule has 7 heteroatoms. The molecule has 0 bridgehead atoms. The summed E-state index contributed by atoms with van der Waals surface area (Å²) in [4.78, 5) is 13.0. The molecule has 0 fully saturated rings. The van der Waals surface area contributed by atoms with E-state index in [0.717, 1.165) is 11.3 Å². The van der Waals surface area contributed by atoms with Crippen LogP contribution < -0.4 is 20.7 Å². The van der Waals surface area contributed by atoms with Crippen molar-refractivity contribution in [2.24, 2.45) is 0 Å². The van der Waals surface area contributed by atoms with Gasteiger partial charge in [-0.1, -0.05) is 72.8 Å². The number of hydrogen-bond acceptors (Lipinski definition) is 5. The van der Waals surface area contributed by atoms with Gasteiger partial charge < -0.3 is 10.2 Å². The van der Waals surface area contributed by atoms with E-state index < -0.39 is 12.0 Å². The predicted octanol–water partition coefficient (Wildman–Crippen LogP) is 5.74. The van der Waals surface area contributed by atoms with Crippen LogP contribution in [-0.4, -0.2) is 22.7 Å². The largest absolute Gasteiger partial charge is 0.480 e. The summed E-state index contributed by atoms with van der Waals surface area (Å²) in [6.45, 7) is 14.7. The van der Waals surface area contributed by atoms with Crippen molar-refractivity contribution in [2.75, 3.05) is 10.5 Å². The fourth-order valence-electron chi connectivity index (χ4n) is 3.21. The third-order valence-corrected chi connectivity index (χ3v) is 5.28. The Morgan fingerprint density at radius 3 is 2.22 bits per heavy atom. The molecule has 1 atom stereocenters. The van der Waals surface area contributed by atoms with E-state index in [-0.39, 0.29) is 10.8 Å². The van der Waals surface area contributed by atoms with Gasteiger partial charge in [0.05, 0.1) is 16.9 Å². The van der Waals surface area contributed by atoms with Crippen LogP contribution in [0.25, 0.3) is 0 Å². The smallest absolute Gasteiger partial charge is 0.291 e. The van der Waals surface area contributed by atoms with E-state index in [1.165, 1.54) is 11.1 Å². The standard InChI is InChI=1S/C25H35N3O3S/c1-8-21(23(29)28(30)19-12-10-18(11-13-19)27-26-16-32)31-22-14-9-17(24(2,3)4)15-20(22)25(5,6)7/h9-16,21,27,30H,8H2,1-7H3,(H,26,32). The minimum absolute atomic E-state index is 0.000289. The summed E-state index contributed by atoms with van der Waals surface area (Å²) in [7, 11) is 0. The first-order valence-corrected chi connectivity index (χ1v) is 11.3. The highest BCUT2D eigenvalue weighted by molar-refractivity contribution is 7.78. The zero-order chi connectivity index (χ0) is 24.1. The molecule has 0 aliphatic heterocycles. The molecule has 0 aliphatic rings. The van der Waals surface area contributed by atoms with E-state index in [2.05, 4.69) is 58.5 Å². The van der Waals surface area contributed by atoms with Gasteiger partial charge in [-0.3, -0.25) is 15.4 Å². The highest BCUT2D eigenvalue weighted by Gasteiger charge is 2.29. The van der Waals surface area contributed by atoms with Crippen molar-refractivity contribution in [3.05, 3.63) is 53.6 Å². The summed E-state index contributed by atoms with van der Waals surface area (Å²) in [5.74, 6) is 0.134. The van der Waals surface area contributed by atoms with Crippen LogP contribution in [0.4, 0.5) is 11.4 Å². The highest BCUT2D eigenvalue weighted by atomic mass is 32.1. The molecular weight excluding hydrogens is 422 g/mol. The maximum absolute atomic E-state index is 13.0. The number of amides is 1. The molecule has 174 valence electrons. The Labute approximate surface area is 196 Å². The second-order valence-electron chi connectivity index (χ2n) is 9.81.